The molecule has 4 nitrogen and oxygen atoms in total. The van der Waals surface area contributed by atoms with E-state index in [9.17, 15) is 22.7 Å². The minimum Gasteiger partial charge on any atom is -0.374 e. The molecular formula is C16H13F4N3O. The van der Waals surface area contributed by atoms with E-state index in [2.05, 4.69) is 4.98 Å². The van der Waals surface area contributed by atoms with Crippen molar-refractivity contribution < 1.29 is 22.7 Å². The number of aliphatic hydroxyl groups is 1. The van der Waals surface area contributed by atoms with Crippen LogP contribution in [0.25, 0.3) is 16.9 Å². The van der Waals surface area contributed by atoms with E-state index in [-0.39, 0.29) is 11.3 Å². The first kappa shape index (κ1) is 16.4. The van der Waals surface area contributed by atoms with Crippen molar-refractivity contribution in [1.82, 2.24) is 9.38 Å². The van der Waals surface area contributed by atoms with Gasteiger partial charge in [0, 0.05) is 18.3 Å². The maximum Gasteiger partial charge on any atom is 0.424 e. The van der Waals surface area contributed by atoms with Crippen LogP contribution in [0, 0.1) is 5.82 Å². The molecule has 0 radical (unpaired) electrons. The third-order valence-electron chi connectivity index (χ3n) is 3.81. The van der Waals surface area contributed by atoms with Gasteiger partial charge in [-0.15, -0.1) is 0 Å². The van der Waals surface area contributed by atoms with Crippen molar-refractivity contribution in [2.75, 3.05) is 6.54 Å². The van der Waals surface area contributed by atoms with Gasteiger partial charge in [0.1, 0.15) is 17.3 Å². The van der Waals surface area contributed by atoms with E-state index in [1.165, 1.54) is 47.0 Å². The number of fused-ring (bicyclic) bond motifs is 1. The predicted molar refractivity (Wildman–Crippen MR) is 79.6 cm³/mol. The molecule has 3 aromatic rings. The molecule has 3 N–H and O–H groups in total. The number of rotatable bonds is 3. The lowest BCUT2D eigenvalue weighted by molar-refractivity contribution is -0.262. The minimum atomic E-state index is -4.99. The summed E-state index contributed by atoms with van der Waals surface area (Å²) in [5.74, 6) is -0.328. The average molecular weight is 339 g/mol. The van der Waals surface area contributed by atoms with E-state index in [1.807, 2.05) is 0 Å². The van der Waals surface area contributed by atoms with Gasteiger partial charge in [-0.25, -0.2) is 9.37 Å². The van der Waals surface area contributed by atoms with E-state index in [4.69, 9.17) is 5.73 Å². The molecule has 0 aliphatic rings. The van der Waals surface area contributed by atoms with Crippen molar-refractivity contribution >= 4 is 5.52 Å². The molecule has 2 heterocycles. The van der Waals surface area contributed by atoms with Gasteiger partial charge in [0.05, 0.1) is 5.52 Å². The molecule has 24 heavy (non-hydrogen) atoms. The van der Waals surface area contributed by atoms with Crippen molar-refractivity contribution in [3.05, 3.63) is 60.2 Å². The molecule has 2 aromatic heterocycles. The smallest absolute Gasteiger partial charge is 0.374 e. The van der Waals surface area contributed by atoms with Gasteiger partial charge in [0.2, 0.25) is 5.60 Å². The van der Waals surface area contributed by atoms with Gasteiger partial charge < -0.3 is 10.8 Å². The average Bonchev–Trinajstić information content (AvgIpc) is 2.94. The Labute approximate surface area is 134 Å². The second kappa shape index (κ2) is 5.57. The largest absolute Gasteiger partial charge is 0.424 e. The van der Waals surface area contributed by atoms with Crippen molar-refractivity contribution in [2.24, 2.45) is 5.73 Å². The summed E-state index contributed by atoms with van der Waals surface area (Å²) in [4.78, 5) is 3.99. The summed E-state index contributed by atoms with van der Waals surface area (Å²) in [7, 11) is 0. The van der Waals surface area contributed by atoms with Crippen LogP contribution in [-0.2, 0) is 5.60 Å². The summed E-state index contributed by atoms with van der Waals surface area (Å²) in [5.41, 5.74) is 1.83. The van der Waals surface area contributed by atoms with E-state index in [0.717, 1.165) is 0 Å². The molecule has 0 bridgehead atoms. The fourth-order valence-electron chi connectivity index (χ4n) is 2.49. The molecule has 1 atom stereocenters. The first-order chi connectivity index (χ1) is 11.3. The van der Waals surface area contributed by atoms with Crippen LogP contribution >= 0.6 is 0 Å². The number of benzene rings is 1. The lowest BCUT2D eigenvalue weighted by atomic mass is 9.98. The van der Waals surface area contributed by atoms with Crippen LogP contribution in [0.15, 0.2) is 48.7 Å². The fourth-order valence-corrected chi connectivity index (χ4v) is 2.49. The standard InChI is InChI=1S/C16H13F4N3O/c17-11-6-4-10(5-7-11)14-22-13(12-3-1-2-8-23(12)14)15(24,9-21)16(18,19)20/h1-8,24H,9,21H2. The molecule has 0 spiro atoms. The van der Waals surface area contributed by atoms with Crippen LogP contribution in [-0.4, -0.2) is 27.2 Å². The van der Waals surface area contributed by atoms with E-state index >= 15 is 0 Å². The van der Waals surface area contributed by atoms with E-state index < -0.39 is 29.8 Å². The maximum atomic E-state index is 13.4. The van der Waals surface area contributed by atoms with Crippen molar-refractivity contribution in [3.63, 3.8) is 0 Å². The number of pyridine rings is 1. The first-order valence-electron chi connectivity index (χ1n) is 7.00. The molecule has 1 unspecified atom stereocenters. The van der Waals surface area contributed by atoms with Gasteiger partial charge >= 0.3 is 6.18 Å². The van der Waals surface area contributed by atoms with Crippen molar-refractivity contribution in [3.8, 4) is 11.4 Å². The molecular weight excluding hydrogens is 326 g/mol. The lowest BCUT2D eigenvalue weighted by Gasteiger charge is -2.27. The Hall–Kier alpha value is -2.45. The number of alkyl halides is 3. The quantitative estimate of drug-likeness (QED) is 0.721. The number of hydrogen-bond acceptors (Lipinski definition) is 3. The Morgan fingerprint density at radius 1 is 1.08 bits per heavy atom. The van der Waals surface area contributed by atoms with Crippen LogP contribution in [0.5, 0.6) is 0 Å². The zero-order chi connectivity index (χ0) is 17.5. The summed E-state index contributed by atoms with van der Waals surface area (Å²) in [6.07, 6.45) is -3.48. The summed E-state index contributed by atoms with van der Waals surface area (Å²) >= 11 is 0. The second-order valence-electron chi connectivity index (χ2n) is 5.31. The number of nitrogens with two attached hydrogens (primary N) is 1. The van der Waals surface area contributed by atoms with E-state index in [1.54, 1.807) is 6.07 Å². The second-order valence-corrected chi connectivity index (χ2v) is 5.31. The SMILES string of the molecule is NCC(O)(c1nc(-c2ccc(F)cc2)n2ccccc12)C(F)(F)F. The van der Waals surface area contributed by atoms with Crippen LogP contribution in [0.3, 0.4) is 0 Å². The van der Waals surface area contributed by atoms with Gasteiger partial charge in [-0.3, -0.25) is 4.40 Å². The van der Waals surface area contributed by atoms with Gasteiger partial charge in [-0.2, -0.15) is 13.2 Å². The highest BCUT2D eigenvalue weighted by Crippen LogP contribution is 2.40. The van der Waals surface area contributed by atoms with Crippen LogP contribution < -0.4 is 5.73 Å². The highest BCUT2D eigenvalue weighted by Gasteiger charge is 2.56. The maximum absolute atomic E-state index is 13.4. The number of halogens is 4. The Morgan fingerprint density at radius 2 is 1.75 bits per heavy atom. The molecule has 3 rings (SSSR count). The molecule has 8 heteroatoms. The minimum absolute atomic E-state index is 0.0714. The Kier molecular flexibility index (Phi) is 3.81. The number of aromatic nitrogens is 2. The Morgan fingerprint density at radius 3 is 2.33 bits per heavy atom. The highest BCUT2D eigenvalue weighted by molar-refractivity contribution is 5.66. The molecule has 0 fully saturated rings. The van der Waals surface area contributed by atoms with Crippen LogP contribution in [0.1, 0.15) is 5.69 Å². The summed E-state index contributed by atoms with van der Waals surface area (Å²) in [5, 5.41) is 10.1. The zero-order valence-corrected chi connectivity index (χ0v) is 12.3. The van der Waals surface area contributed by atoms with Gasteiger partial charge in [-0.05, 0) is 36.4 Å². The van der Waals surface area contributed by atoms with Gasteiger partial charge in [-0.1, -0.05) is 6.07 Å². The lowest BCUT2D eigenvalue weighted by Crippen LogP contribution is -2.48. The topological polar surface area (TPSA) is 63.5 Å². The molecule has 0 amide bonds. The van der Waals surface area contributed by atoms with Gasteiger partial charge in [0.15, 0.2) is 0 Å². The molecule has 0 aliphatic heterocycles. The van der Waals surface area contributed by atoms with Gasteiger partial charge in [0.25, 0.3) is 0 Å². The molecule has 0 aliphatic carbocycles. The molecule has 0 saturated heterocycles. The molecule has 1 aromatic carbocycles. The fraction of sp³-hybridized carbons (Fsp3) is 0.188. The molecule has 0 saturated carbocycles. The number of imidazole rings is 1. The predicted octanol–water partition coefficient (Wildman–Crippen LogP) is 2.85. The third kappa shape index (κ3) is 2.44. The third-order valence-corrected chi connectivity index (χ3v) is 3.81. The van der Waals surface area contributed by atoms with Crippen molar-refractivity contribution in [2.45, 2.75) is 11.8 Å². The van der Waals surface area contributed by atoms with Crippen LogP contribution in [0.2, 0.25) is 0 Å². The number of hydrogen-bond donors (Lipinski definition) is 2. The Bertz CT molecular complexity index is 873. The zero-order valence-electron chi connectivity index (χ0n) is 12.3. The Balaban J connectivity index is 2.30. The highest BCUT2D eigenvalue weighted by atomic mass is 19.4. The van der Waals surface area contributed by atoms with E-state index in [0.29, 0.717) is 5.56 Å². The summed E-state index contributed by atoms with van der Waals surface area (Å²) < 4.78 is 54.5. The van der Waals surface area contributed by atoms with Crippen molar-refractivity contribution in [1.29, 1.82) is 0 Å². The first-order valence-corrected chi connectivity index (χ1v) is 7.00. The normalized spacial score (nSPS) is 14.8. The summed E-state index contributed by atoms with van der Waals surface area (Å²) in [6.45, 7) is -1.07. The summed E-state index contributed by atoms with van der Waals surface area (Å²) in [6, 6.07) is 9.70. The van der Waals surface area contributed by atoms with Crippen LogP contribution in [0.4, 0.5) is 17.6 Å². The molecule has 126 valence electrons. The monoisotopic (exact) mass is 339 g/mol. The number of nitrogens with zero attached hydrogens (tertiary/aromatic N) is 2.